The molecule has 3 aromatic rings. The Morgan fingerprint density at radius 3 is 2.74 bits per heavy atom. The number of rotatable bonds is 4. The van der Waals surface area contributed by atoms with Gasteiger partial charge in [0, 0.05) is 12.2 Å². The van der Waals surface area contributed by atoms with Crippen LogP contribution in [0.4, 0.5) is 10.5 Å². The van der Waals surface area contributed by atoms with Gasteiger partial charge in [-0.05, 0) is 44.2 Å². The first kappa shape index (κ1) is 18.9. The molecule has 3 rings (SSSR count). The molecule has 2 amide bonds. The molecular weight excluding hydrogens is 368 g/mol. The van der Waals surface area contributed by atoms with Crippen molar-refractivity contribution in [2.24, 2.45) is 0 Å². The van der Waals surface area contributed by atoms with E-state index in [1.165, 1.54) is 11.5 Å². The first-order chi connectivity index (χ1) is 12.9. The van der Waals surface area contributed by atoms with E-state index < -0.39 is 11.7 Å². The number of hydrogen-bond acceptors (Lipinski definition) is 4. The minimum atomic E-state index is -0.985. The number of nitrogens with one attached hydrogen (secondary N) is 2. The Morgan fingerprint density at radius 1 is 1.30 bits per heavy atom. The predicted octanol–water partition coefficient (Wildman–Crippen LogP) is 3.23. The highest BCUT2D eigenvalue weighted by molar-refractivity contribution is 6.35. The number of benzene rings is 2. The maximum atomic E-state index is 13.1. The van der Waals surface area contributed by atoms with Crippen molar-refractivity contribution in [2.45, 2.75) is 20.0 Å². The van der Waals surface area contributed by atoms with Crippen molar-refractivity contribution in [1.29, 1.82) is 0 Å². The minimum Gasteiger partial charge on any atom is -0.385 e. The number of amides is 2. The lowest BCUT2D eigenvalue weighted by molar-refractivity contribution is 0.186. The van der Waals surface area contributed by atoms with Crippen LogP contribution in [0.2, 0.25) is 5.02 Å². The number of aliphatic hydroxyl groups excluding tert-OH is 1. The zero-order chi connectivity index (χ0) is 19.6. The fraction of sp³-hybridized carbons (Fsp3) is 0.211. The molecule has 0 saturated heterocycles. The molecule has 27 heavy (non-hydrogen) atoms. The topological polar surface area (TPSA) is 96.2 Å². The number of hydrogen-bond donors (Lipinski definition) is 3. The number of anilines is 1. The summed E-state index contributed by atoms with van der Waals surface area (Å²) in [6.07, 6.45) is -0.985. The van der Waals surface area contributed by atoms with E-state index in [2.05, 4.69) is 15.6 Å². The Hall–Kier alpha value is -2.90. The molecule has 1 atom stereocenters. The normalized spacial score (nSPS) is 12.0. The molecule has 1 unspecified atom stereocenters. The van der Waals surface area contributed by atoms with Gasteiger partial charge in [-0.1, -0.05) is 23.7 Å². The minimum absolute atomic E-state index is 0.185. The van der Waals surface area contributed by atoms with Crippen molar-refractivity contribution in [3.05, 3.63) is 63.7 Å². The van der Waals surface area contributed by atoms with E-state index in [-0.39, 0.29) is 22.3 Å². The second-order valence-electron chi connectivity index (χ2n) is 5.96. The van der Waals surface area contributed by atoms with E-state index >= 15 is 0 Å². The van der Waals surface area contributed by atoms with Crippen molar-refractivity contribution >= 4 is 34.2 Å². The van der Waals surface area contributed by atoms with E-state index in [9.17, 15) is 14.7 Å². The van der Waals surface area contributed by atoms with E-state index in [1.807, 2.05) is 6.92 Å². The van der Waals surface area contributed by atoms with Crippen LogP contribution in [-0.4, -0.2) is 27.2 Å². The number of nitrogens with zero attached hydrogens (tertiary/aromatic N) is 2. The fourth-order valence-electron chi connectivity index (χ4n) is 2.80. The van der Waals surface area contributed by atoms with Gasteiger partial charge in [-0.2, -0.15) is 0 Å². The monoisotopic (exact) mass is 386 g/mol. The third-order valence-electron chi connectivity index (χ3n) is 3.95. The second kappa shape index (κ2) is 7.77. The molecule has 140 valence electrons. The average molecular weight is 387 g/mol. The molecule has 0 radical (unpaired) electrons. The molecule has 8 heteroatoms. The zero-order valence-corrected chi connectivity index (χ0v) is 15.6. The van der Waals surface area contributed by atoms with Crippen LogP contribution in [-0.2, 0) is 0 Å². The highest BCUT2D eigenvalue weighted by atomic mass is 35.5. The van der Waals surface area contributed by atoms with Crippen LogP contribution in [0.1, 0.15) is 25.8 Å². The van der Waals surface area contributed by atoms with E-state index in [1.54, 1.807) is 42.5 Å². The first-order valence-electron chi connectivity index (χ1n) is 8.47. The van der Waals surface area contributed by atoms with Crippen LogP contribution in [0, 0.1) is 0 Å². The van der Waals surface area contributed by atoms with E-state index in [0.29, 0.717) is 23.4 Å². The maximum absolute atomic E-state index is 13.1. The summed E-state index contributed by atoms with van der Waals surface area (Å²) in [5.41, 5.74) is 0.980. The summed E-state index contributed by atoms with van der Waals surface area (Å²) in [7, 11) is 0. The molecule has 2 aromatic carbocycles. The maximum Gasteiger partial charge on any atom is 0.319 e. The summed E-state index contributed by atoms with van der Waals surface area (Å²) in [5.74, 6) is 0.185. The van der Waals surface area contributed by atoms with Crippen molar-refractivity contribution in [3.8, 4) is 5.69 Å². The highest BCUT2D eigenvalue weighted by Gasteiger charge is 2.18. The molecule has 0 aliphatic carbocycles. The van der Waals surface area contributed by atoms with Gasteiger partial charge in [0.2, 0.25) is 0 Å². The number of halogens is 1. The highest BCUT2D eigenvalue weighted by Crippen LogP contribution is 2.23. The third-order valence-corrected chi connectivity index (χ3v) is 4.26. The summed E-state index contributed by atoms with van der Waals surface area (Å²) in [6.45, 7) is 3.84. The Morgan fingerprint density at radius 2 is 2.04 bits per heavy atom. The van der Waals surface area contributed by atoms with Crippen LogP contribution in [0.25, 0.3) is 16.6 Å². The van der Waals surface area contributed by atoms with Crippen molar-refractivity contribution in [2.75, 3.05) is 11.9 Å². The van der Waals surface area contributed by atoms with Crippen LogP contribution in [0.3, 0.4) is 0 Å². The average Bonchev–Trinajstić information content (AvgIpc) is 2.61. The van der Waals surface area contributed by atoms with Gasteiger partial charge in [0.15, 0.2) is 0 Å². The molecule has 3 N–H and O–H groups in total. The molecule has 1 heterocycles. The third kappa shape index (κ3) is 3.79. The van der Waals surface area contributed by atoms with Gasteiger partial charge in [0.25, 0.3) is 5.56 Å². The fourth-order valence-corrected chi connectivity index (χ4v) is 3.05. The number of fused-ring (bicyclic) bond motifs is 1. The Balaban J connectivity index is 2.20. The SMILES string of the molecule is CCNC(=O)Nc1cccc(-n2c(C(C)O)nc3cccc(Cl)c3c2=O)c1. The molecule has 0 bridgehead atoms. The lowest BCUT2D eigenvalue weighted by Gasteiger charge is -2.16. The molecule has 1 aromatic heterocycles. The van der Waals surface area contributed by atoms with Crippen LogP contribution < -0.4 is 16.2 Å². The second-order valence-corrected chi connectivity index (χ2v) is 6.36. The van der Waals surface area contributed by atoms with Gasteiger partial charge in [0.1, 0.15) is 11.9 Å². The summed E-state index contributed by atoms with van der Waals surface area (Å²) >= 11 is 6.21. The van der Waals surface area contributed by atoms with Crippen LogP contribution in [0.5, 0.6) is 0 Å². The predicted molar refractivity (Wildman–Crippen MR) is 106 cm³/mol. The van der Waals surface area contributed by atoms with Gasteiger partial charge >= 0.3 is 6.03 Å². The largest absolute Gasteiger partial charge is 0.385 e. The molecule has 0 aliphatic heterocycles. The molecular formula is C19H19ClN4O3. The molecule has 0 spiro atoms. The van der Waals surface area contributed by atoms with Crippen LogP contribution in [0.15, 0.2) is 47.3 Å². The number of aromatic nitrogens is 2. The van der Waals surface area contributed by atoms with Gasteiger partial charge in [-0.3, -0.25) is 9.36 Å². The summed E-state index contributed by atoms with van der Waals surface area (Å²) in [5, 5.41) is 16.1. The first-order valence-corrected chi connectivity index (χ1v) is 8.84. The number of carbonyl (C=O) groups excluding carboxylic acids is 1. The summed E-state index contributed by atoms with van der Waals surface area (Å²) < 4.78 is 1.31. The molecule has 7 nitrogen and oxygen atoms in total. The van der Waals surface area contributed by atoms with Gasteiger partial charge in [0.05, 0.1) is 21.6 Å². The molecule has 0 saturated carbocycles. The number of aliphatic hydroxyl groups is 1. The van der Waals surface area contributed by atoms with E-state index in [4.69, 9.17) is 11.6 Å². The van der Waals surface area contributed by atoms with Crippen LogP contribution >= 0.6 is 11.6 Å². The standard InChI is InChI=1S/C19H19ClN4O3/c1-3-21-19(27)22-12-6-4-7-13(10-12)24-17(11(2)25)23-15-9-5-8-14(20)16(15)18(24)26/h4-11,25H,3H2,1-2H3,(H2,21,22,27). The van der Waals surface area contributed by atoms with Gasteiger partial charge in [-0.25, -0.2) is 9.78 Å². The quantitative estimate of drug-likeness (QED) is 0.641. The number of carbonyl (C=O) groups is 1. The molecule has 0 fully saturated rings. The smallest absolute Gasteiger partial charge is 0.319 e. The van der Waals surface area contributed by atoms with E-state index in [0.717, 1.165) is 0 Å². The van der Waals surface area contributed by atoms with Crippen molar-refractivity contribution in [3.63, 3.8) is 0 Å². The Kier molecular flexibility index (Phi) is 5.43. The number of urea groups is 1. The van der Waals surface area contributed by atoms with Crippen molar-refractivity contribution in [1.82, 2.24) is 14.9 Å². The lowest BCUT2D eigenvalue weighted by atomic mass is 10.2. The Bertz CT molecular complexity index is 1060. The summed E-state index contributed by atoms with van der Waals surface area (Å²) in [6, 6.07) is 11.4. The van der Waals surface area contributed by atoms with Crippen molar-refractivity contribution < 1.29 is 9.90 Å². The summed E-state index contributed by atoms with van der Waals surface area (Å²) in [4.78, 5) is 29.3. The Labute approximate surface area is 160 Å². The zero-order valence-electron chi connectivity index (χ0n) is 14.9. The molecule has 0 aliphatic rings. The van der Waals surface area contributed by atoms with Gasteiger partial charge in [-0.15, -0.1) is 0 Å². The van der Waals surface area contributed by atoms with Gasteiger partial charge < -0.3 is 15.7 Å². The lowest BCUT2D eigenvalue weighted by Crippen LogP contribution is -2.28.